The Hall–Kier alpha value is -2.52. The lowest BCUT2D eigenvalue weighted by Crippen LogP contribution is -2.22. The molecule has 2 aromatic carbocycles. The Morgan fingerprint density at radius 3 is 2.49 bits per heavy atom. The fourth-order valence-corrected chi connectivity index (χ4v) is 6.34. The van der Waals surface area contributed by atoms with E-state index in [1.165, 1.54) is 23.1 Å². The Kier molecular flexibility index (Phi) is 8.06. The zero-order valence-corrected chi connectivity index (χ0v) is 22.5. The number of anilines is 1. The van der Waals surface area contributed by atoms with Gasteiger partial charge in [0, 0.05) is 20.6 Å². The summed E-state index contributed by atoms with van der Waals surface area (Å²) in [5.74, 6) is 0.462. The highest BCUT2D eigenvalue weighted by atomic mass is 35.5. The van der Waals surface area contributed by atoms with Crippen LogP contribution in [0, 0.1) is 6.92 Å². The molecule has 0 aliphatic carbocycles. The quantitative estimate of drug-likeness (QED) is 0.195. The van der Waals surface area contributed by atoms with Crippen molar-refractivity contribution in [1.29, 1.82) is 0 Å². The van der Waals surface area contributed by atoms with Crippen LogP contribution in [-0.4, -0.2) is 28.3 Å². The van der Waals surface area contributed by atoms with E-state index in [2.05, 4.69) is 12.2 Å². The number of nitrogens with one attached hydrogen (secondary N) is 1. The standard InChI is InChI=1S/C25H23Cl2N3O3S2/c1-4-5-20-14(2)22-23(35-20)29-25(30(24(22)32)18-6-8-19(33-3)9-7-18)34-13-21(31)28-17-11-15(26)10-16(27)12-17/h6-12H,4-5,13H2,1-3H3,(H,28,31). The maximum Gasteiger partial charge on any atom is 0.267 e. The minimum atomic E-state index is -0.266. The van der Waals surface area contributed by atoms with Crippen molar-refractivity contribution < 1.29 is 9.53 Å². The Morgan fingerprint density at radius 1 is 1.17 bits per heavy atom. The summed E-state index contributed by atoms with van der Waals surface area (Å²) in [7, 11) is 1.59. The van der Waals surface area contributed by atoms with Gasteiger partial charge in [0.15, 0.2) is 5.16 Å². The fourth-order valence-electron chi connectivity index (χ4n) is 3.68. The Bertz CT molecular complexity index is 1430. The van der Waals surface area contributed by atoms with Gasteiger partial charge in [-0.2, -0.15) is 0 Å². The molecule has 35 heavy (non-hydrogen) atoms. The summed E-state index contributed by atoms with van der Waals surface area (Å²) < 4.78 is 6.82. The highest BCUT2D eigenvalue weighted by Gasteiger charge is 2.20. The van der Waals surface area contributed by atoms with Crippen LogP contribution in [0.3, 0.4) is 0 Å². The number of carbonyl (C=O) groups is 1. The maximum atomic E-state index is 13.7. The Labute approximate surface area is 221 Å². The number of hydrogen-bond acceptors (Lipinski definition) is 6. The molecule has 0 radical (unpaired) electrons. The van der Waals surface area contributed by atoms with Crippen molar-refractivity contribution in [2.75, 3.05) is 18.2 Å². The molecule has 0 saturated heterocycles. The van der Waals surface area contributed by atoms with E-state index < -0.39 is 0 Å². The van der Waals surface area contributed by atoms with Crippen LogP contribution in [0.15, 0.2) is 52.4 Å². The number of hydrogen-bond donors (Lipinski definition) is 1. The topological polar surface area (TPSA) is 73.2 Å². The zero-order chi connectivity index (χ0) is 25.1. The molecule has 2 aromatic heterocycles. The number of benzene rings is 2. The second kappa shape index (κ2) is 11.0. The molecule has 182 valence electrons. The number of aryl methyl sites for hydroxylation is 2. The molecule has 0 atom stereocenters. The van der Waals surface area contributed by atoms with Gasteiger partial charge in [-0.25, -0.2) is 4.98 Å². The van der Waals surface area contributed by atoms with Crippen LogP contribution in [0.5, 0.6) is 5.75 Å². The molecule has 6 nitrogen and oxygen atoms in total. The van der Waals surface area contributed by atoms with E-state index >= 15 is 0 Å². The Balaban J connectivity index is 1.71. The predicted octanol–water partition coefficient (Wildman–Crippen LogP) is 6.75. The number of rotatable bonds is 8. The molecule has 2 heterocycles. The van der Waals surface area contributed by atoms with E-state index in [0.717, 1.165) is 23.3 Å². The first-order valence-corrected chi connectivity index (χ1v) is 13.4. The lowest BCUT2D eigenvalue weighted by atomic mass is 10.1. The highest BCUT2D eigenvalue weighted by molar-refractivity contribution is 7.99. The first-order chi connectivity index (χ1) is 16.8. The van der Waals surface area contributed by atoms with Crippen molar-refractivity contribution in [2.24, 2.45) is 0 Å². The van der Waals surface area contributed by atoms with Crippen molar-refractivity contribution in [3.8, 4) is 11.4 Å². The number of thioether (sulfide) groups is 1. The van der Waals surface area contributed by atoms with Crippen molar-refractivity contribution in [2.45, 2.75) is 31.8 Å². The normalized spacial score (nSPS) is 11.1. The van der Waals surface area contributed by atoms with E-state index in [4.69, 9.17) is 32.9 Å². The molecule has 0 bridgehead atoms. The van der Waals surface area contributed by atoms with Gasteiger partial charge in [-0.1, -0.05) is 48.3 Å². The largest absolute Gasteiger partial charge is 0.497 e. The van der Waals surface area contributed by atoms with Crippen LogP contribution in [0.2, 0.25) is 10.0 Å². The molecule has 1 amide bonds. The summed E-state index contributed by atoms with van der Waals surface area (Å²) in [6.07, 6.45) is 1.87. The molecular formula is C25H23Cl2N3O3S2. The summed E-state index contributed by atoms with van der Waals surface area (Å²) in [5.41, 5.74) is 1.97. The summed E-state index contributed by atoms with van der Waals surface area (Å²) in [6, 6.07) is 12.0. The van der Waals surface area contributed by atoms with Crippen LogP contribution in [0.1, 0.15) is 23.8 Å². The average Bonchev–Trinajstić information content (AvgIpc) is 3.12. The van der Waals surface area contributed by atoms with Gasteiger partial charge in [0.25, 0.3) is 5.56 Å². The molecule has 0 unspecified atom stereocenters. The number of amides is 1. The molecule has 0 spiro atoms. The van der Waals surface area contributed by atoms with Gasteiger partial charge in [-0.3, -0.25) is 14.2 Å². The fraction of sp³-hybridized carbons (Fsp3) is 0.240. The van der Waals surface area contributed by atoms with Crippen LogP contribution in [0.25, 0.3) is 15.9 Å². The van der Waals surface area contributed by atoms with Crippen LogP contribution in [-0.2, 0) is 11.2 Å². The van der Waals surface area contributed by atoms with Crippen LogP contribution < -0.4 is 15.6 Å². The highest BCUT2D eigenvalue weighted by Crippen LogP contribution is 2.31. The Morgan fingerprint density at radius 2 is 1.86 bits per heavy atom. The minimum Gasteiger partial charge on any atom is -0.497 e. The van der Waals surface area contributed by atoms with E-state index in [1.807, 2.05) is 6.92 Å². The van der Waals surface area contributed by atoms with Gasteiger partial charge in [0.05, 0.1) is 23.9 Å². The van der Waals surface area contributed by atoms with Gasteiger partial charge in [0.2, 0.25) is 5.91 Å². The van der Waals surface area contributed by atoms with Gasteiger partial charge >= 0.3 is 0 Å². The number of thiophene rings is 1. The molecule has 0 aliphatic rings. The lowest BCUT2D eigenvalue weighted by molar-refractivity contribution is -0.113. The molecule has 0 aliphatic heterocycles. The number of halogens is 2. The van der Waals surface area contributed by atoms with Crippen LogP contribution >= 0.6 is 46.3 Å². The van der Waals surface area contributed by atoms with Crippen molar-refractivity contribution in [1.82, 2.24) is 9.55 Å². The van der Waals surface area contributed by atoms with E-state index in [9.17, 15) is 9.59 Å². The predicted molar refractivity (Wildman–Crippen MR) is 146 cm³/mol. The number of nitrogens with zero attached hydrogens (tertiary/aromatic N) is 2. The van der Waals surface area contributed by atoms with Crippen molar-refractivity contribution in [3.63, 3.8) is 0 Å². The van der Waals surface area contributed by atoms with Crippen molar-refractivity contribution >= 4 is 68.1 Å². The average molecular weight is 549 g/mol. The molecular weight excluding hydrogens is 525 g/mol. The monoisotopic (exact) mass is 547 g/mol. The number of carbonyl (C=O) groups excluding carboxylic acids is 1. The third kappa shape index (κ3) is 5.67. The molecule has 1 N–H and O–H groups in total. The van der Waals surface area contributed by atoms with Gasteiger partial charge in [-0.15, -0.1) is 11.3 Å². The number of fused-ring (bicyclic) bond motifs is 1. The summed E-state index contributed by atoms with van der Waals surface area (Å²) >= 11 is 14.8. The van der Waals surface area contributed by atoms with E-state index in [1.54, 1.807) is 54.1 Å². The smallest absolute Gasteiger partial charge is 0.267 e. The van der Waals surface area contributed by atoms with Gasteiger partial charge in [0.1, 0.15) is 10.6 Å². The SMILES string of the molecule is CCCc1sc2nc(SCC(=O)Nc3cc(Cl)cc(Cl)c3)n(-c3ccc(OC)cc3)c(=O)c2c1C. The molecule has 0 saturated carbocycles. The number of aromatic nitrogens is 2. The summed E-state index contributed by atoms with van der Waals surface area (Å²) in [4.78, 5) is 33.1. The summed E-state index contributed by atoms with van der Waals surface area (Å²) in [5, 5.41) is 4.71. The second-order valence-corrected chi connectivity index (χ2v) is 10.7. The van der Waals surface area contributed by atoms with Crippen LogP contribution in [0.4, 0.5) is 5.69 Å². The second-order valence-electron chi connectivity index (χ2n) is 7.81. The molecule has 10 heteroatoms. The van der Waals surface area contributed by atoms with Gasteiger partial charge in [-0.05, 0) is 61.4 Å². The third-order valence-corrected chi connectivity index (χ3v) is 7.94. The first-order valence-electron chi connectivity index (χ1n) is 10.9. The minimum absolute atomic E-state index is 0.0460. The number of ether oxygens (including phenoxy) is 1. The van der Waals surface area contributed by atoms with Crippen molar-refractivity contribution in [3.05, 3.63) is 73.3 Å². The van der Waals surface area contributed by atoms with E-state index in [-0.39, 0.29) is 17.2 Å². The van der Waals surface area contributed by atoms with Gasteiger partial charge < -0.3 is 10.1 Å². The lowest BCUT2D eigenvalue weighted by Gasteiger charge is -2.13. The van der Waals surface area contributed by atoms with E-state index in [0.29, 0.717) is 42.5 Å². The zero-order valence-electron chi connectivity index (χ0n) is 19.4. The molecule has 4 rings (SSSR count). The molecule has 0 fully saturated rings. The third-order valence-electron chi connectivity index (χ3n) is 5.32. The maximum absolute atomic E-state index is 13.7. The number of methoxy groups -OCH3 is 1. The summed E-state index contributed by atoms with van der Waals surface area (Å²) in [6.45, 7) is 4.08. The first kappa shape index (κ1) is 25.6. The molecule has 4 aromatic rings.